The van der Waals surface area contributed by atoms with Crippen LogP contribution in [0.15, 0.2) is 4.42 Å². The van der Waals surface area contributed by atoms with Crippen LogP contribution < -0.4 is 0 Å². The first-order valence-corrected chi connectivity index (χ1v) is 5.62. The molecule has 0 amide bonds. The third-order valence-corrected chi connectivity index (χ3v) is 3.15. The highest BCUT2D eigenvalue weighted by Gasteiger charge is 2.23. The van der Waals surface area contributed by atoms with Crippen molar-refractivity contribution in [2.45, 2.75) is 51.9 Å². The molecule has 1 aromatic rings. The van der Waals surface area contributed by atoms with E-state index in [0.717, 1.165) is 24.1 Å². The lowest BCUT2D eigenvalue weighted by atomic mass is 9.83. The molecule has 0 saturated heterocycles. The van der Waals surface area contributed by atoms with Crippen molar-refractivity contribution in [3.05, 3.63) is 11.8 Å². The van der Waals surface area contributed by atoms with Gasteiger partial charge in [-0.05, 0) is 31.6 Å². The van der Waals surface area contributed by atoms with Crippen LogP contribution in [0.3, 0.4) is 0 Å². The zero-order chi connectivity index (χ0) is 9.97. The fraction of sp³-hybridized carbons (Fsp3) is 0.818. The van der Waals surface area contributed by atoms with Crippen molar-refractivity contribution in [3.63, 3.8) is 0 Å². The Hall–Kier alpha value is -0.860. The van der Waals surface area contributed by atoms with Gasteiger partial charge in [-0.25, -0.2) is 0 Å². The van der Waals surface area contributed by atoms with Gasteiger partial charge in [-0.3, -0.25) is 0 Å². The molecular formula is C11H18N2O. The topological polar surface area (TPSA) is 38.9 Å². The highest BCUT2D eigenvalue weighted by Crippen LogP contribution is 2.34. The SMILES string of the molecule is CCc1nnc(C2CCC(C)CC2)o1. The zero-order valence-corrected chi connectivity index (χ0v) is 8.99. The highest BCUT2D eigenvalue weighted by molar-refractivity contribution is 4.93. The minimum Gasteiger partial charge on any atom is -0.425 e. The maximum Gasteiger partial charge on any atom is 0.219 e. The van der Waals surface area contributed by atoms with E-state index < -0.39 is 0 Å². The van der Waals surface area contributed by atoms with Gasteiger partial charge in [0, 0.05) is 12.3 Å². The molecule has 0 atom stereocenters. The second kappa shape index (κ2) is 4.11. The van der Waals surface area contributed by atoms with E-state index in [1.807, 2.05) is 6.92 Å². The Labute approximate surface area is 84.9 Å². The predicted octanol–water partition coefficient (Wildman–Crippen LogP) is 2.93. The van der Waals surface area contributed by atoms with Crippen LogP contribution in [0.4, 0.5) is 0 Å². The first kappa shape index (κ1) is 9.69. The van der Waals surface area contributed by atoms with Crippen molar-refractivity contribution in [2.24, 2.45) is 5.92 Å². The molecule has 1 aliphatic carbocycles. The summed E-state index contributed by atoms with van der Waals surface area (Å²) in [5.41, 5.74) is 0. The van der Waals surface area contributed by atoms with Crippen molar-refractivity contribution < 1.29 is 4.42 Å². The van der Waals surface area contributed by atoms with E-state index >= 15 is 0 Å². The molecule has 0 radical (unpaired) electrons. The summed E-state index contributed by atoms with van der Waals surface area (Å²) in [6.45, 7) is 4.36. The fourth-order valence-electron chi connectivity index (χ4n) is 2.08. The van der Waals surface area contributed by atoms with Crippen LogP contribution in [0.5, 0.6) is 0 Å². The van der Waals surface area contributed by atoms with Crippen LogP contribution >= 0.6 is 0 Å². The van der Waals surface area contributed by atoms with Crippen molar-refractivity contribution in [3.8, 4) is 0 Å². The van der Waals surface area contributed by atoms with E-state index in [1.165, 1.54) is 25.7 Å². The van der Waals surface area contributed by atoms with Gasteiger partial charge in [0.05, 0.1) is 0 Å². The first-order valence-electron chi connectivity index (χ1n) is 5.62. The number of hydrogen-bond donors (Lipinski definition) is 0. The summed E-state index contributed by atoms with van der Waals surface area (Å²) in [5.74, 6) is 3.05. The Bertz CT molecular complexity index is 287. The Morgan fingerprint density at radius 2 is 1.93 bits per heavy atom. The number of rotatable bonds is 2. The van der Waals surface area contributed by atoms with E-state index in [1.54, 1.807) is 0 Å². The summed E-state index contributed by atoms with van der Waals surface area (Å²) in [4.78, 5) is 0. The minimum absolute atomic E-state index is 0.527. The Morgan fingerprint density at radius 1 is 1.21 bits per heavy atom. The van der Waals surface area contributed by atoms with Gasteiger partial charge >= 0.3 is 0 Å². The third kappa shape index (κ3) is 1.97. The molecule has 3 heteroatoms. The van der Waals surface area contributed by atoms with E-state index in [9.17, 15) is 0 Å². The molecule has 1 aliphatic rings. The molecule has 2 rings (SSSR count). The molecule has 78 valence electrons. The first-order chi connectivity index (χ1) is 6.79. The Morgan fingerprint density at radius 3 is 2.50 bits per heavy atom. The predicted molar refractivity (Wildman–Crippen MR) is 54.0 cm³/mol. The van der Waals surface area contributed by atoms with Crippen molar-refractivity contribution in [1.82, 2.24) is 10.2 Å². The second-order valence-electron chi connectivity index (χ2n) is 4.34. The maximum absolute atomic E-state index is 5.59. The molecule has 0 bridgehead atoms. The van der Waals surface area contributed by atoms with Gasteiger partial charge in [0.1, 0.15) is 0 Å². The van der Waals surface area contributed by atoms with Gasteiger partial charge in [-0.1, -0.05) is 13.8 Å². The summed E-state index contributed by atoms with van der Waals surface area (Å²) in [5, 5.41) is 8.13. The zero-order valence-electron chi connectivity index (χ0n) is 8.99. The average Bonchev–Trinajstić information content (AvgIpc) is 2.67. The van der Waals surface area contributed by atoms with Crippen LogP contribution in [0, 0.1) is 5.92 Å². The number of aromatic nitrogens is 2. The molecule has 0 N–H and O–H groups in total. The van der Waals surface area contributed by atoms with E-state index in [2.05, 4.69) is 17.1 Å². The summed E-state index contributed by atoms with van der Waals surface area (Å²) >= 11 is 0. The molecular weight excluding hydrogens is 176 g/mol. The van der Waals surface area contributed by atoms with Crippen molar-refractivity contribution >= 4 is 0 Å². The fourth-order valence-corrected chi connectivity index (χ4v) is 2.08. The Kier molecular flexibility index (Phi) is 2.85. The monoisotopic (exact) mass is 194 g/mol. The molecule has 3 nitrogen and oxygen atoms in total. The van der Waals surface area contributed by atoms with Gasteiger partial charge in [-0.2, -0.15) is 0 Å². The highest BCUT2D eigenvalue weighted by atomic mass is 16.4. The molecule has 0 aromatic carbocycles. The standard InChI is InChI=1S/C11H18N2O/c1-3-10-12-13-11(14-10)9-6-4-8(2)5-7-9/h8-9H,3-7H2,1-2H3. The van der Waals surface area contributed by atoms with Crippen molar-refractivity contribution in [2.75, 3.05) is 0 Å². The van der Waals surface area contributed by atoms with E-state index in [0.29, 0.717) is 5.92 Å². The quantitative estimate of drug-likeness (QED) is 0.726. The van der Waals surface area contributed by atoms with Crippen LogP contribution in [-0.2, 0) is 6.42 Å². The normalized spacial score (nSPS) is 27.9. The van der Waals surface area contributed by atoms with Crippen LogP contribution in [0.2, 0.25) is 0 Å². The molecule has 1 aromatic heterocycles. The van der Waals surface area contributed by atoms with Gasteiger partial charge in [0.2, 0.25) is 11.8 Å². The summed E-state index contributed by atoms with van der Waals surface area (Å²) in [6.07, 6.45) is 5.87. The molecule has 0 unspecified atom stereocenters. The van der Waals surface area contributed by atoms with Gasteiger partial charge in [0.25, 0.3) is 0 Å². The Balaban J connectivity index is 2.01. The summed E-state index contributed by atoms with van der Waals surface area (Å²) < 4.78 is 5.59. The van der Waals surface area contributed by atoms with E-state index in [-0.39, 0.29) is 0 Å². The molecule has 14 heavy (non-hydrogen) atoms. The second-order valence-corrected chi connectivity index (χ2v) is 4.34. The lowest BCUT2D eigenvalue weighted by molar-refractivity contribution is 0.302. The molecule has 1 heterocycles. The molecule has 1 fully saturated rings. The summed E-state index contributed by atoms with van der Waals surface area (Å²) in [6, 6.07) is 0. The van der Waals surface area contributed by atoms with E-state index in [4.69, 9.17) is 4.42 Å². The summed E-state index contributed by atoms with van der Waals surface area (Å²) in [7, 11) is 0. The number of aryl methyl sites for hydroxylation is 1. The van der Waals surface area contributed by atoms with Gasteiger partial charge in [-0.15, -0.1) is 10.2 Å². The van der Waals surface area contributed by atoms with Crippen LogP contribution in [0.1, 0.15) is 57.2 Å². The third-order valence-electron chi connectivity index (χ3n) is 3.15. The number of hydrogen-bond acceptors (Lipinski definition) is 3. The molecule has 0 spiro atoms. The van der Waals surface area contributed by atoms with Gasteiger partial charge < -0.3 is 4.42 Å². The maximum atomic E-state index is 5.59. The smallest absolute Gasteiger partial charge is 0.219 e. The lowest BCUT2D eigenvalue weighted by Crippen LogP contribution is -2.11. The average molecular weight is 194 g/mol. The van der Waals surface area contributed by atoms with Crippen LogP contribution in [-0.4, -0.2) is 10.2 Å². The number of nitrogens with zero attached hydrogens (tertiary/aromatic N) is 2. The lowest BCUT2D eigenvalue weighted by Gasteiger charge is -2.23. The molecule has 1 saturated carbocycles. The van der Waals surface area contributed by atoms with Crippen molar-refractivity contribution in [1.29, 1.82) is 0 Å². The van der Waals surface area contributed by atoms with Crippen LogP contribution in [0.25, 0.3) is 0 Å². The molecule has 0 aliphatic heterocycles. The minimum atomic E-state index is 0.527. The van der Waals surface area contributed by atoms with Gasteiger partial charge in [0.15, 0.2) is 0 Å². The largest absolute Gasteiger partial charge is 0.425 e.